The molecule has 0 amide bonds. The summed E-state index contributed by atoms with van der Waals surface area (Å²) in [5.74, 6) is 1.69. The number of carbonyl (C=O) groups is 1. The number of rotatable bonds is 15. The van der Waals surface area contributed by atoms with Gasteiger partial charge < -0.3 is 0 Å². The molecule has 0 spiro atoms. The normalized spacial score (nSPS) is 22.7. The third kappa shape index (κ3) is 8.75. The number of hydrogen-bond donors (Lipinski definition) is 0. The molecule has 0 bridgehead atoms. The third-order valence-corrected chi connectivity index (χ3v) is 8.02. The van der Waals surface area contributed by atoms with Gasteiger partial charge in [-0.05, 0) is 30.4 Å². The first-order valence-corrected chi connectivity index (χ1v) is 12.7. The van der Waals surface area contributed by atoms with E-state index in [0.29, 0.717) is 11.0 Å². The van der Waals surface area contributed by atoms with E-state index in [-0.39, 0.29) is 10.8 Å². The van der Waals surface area contributed by atoms with Gasteiger partial charge in [0.15, 0.2) is 0 Å². The summed E-state index contributed by atoms with van der Waals surface area (Å²) in [6.07, 6.45) is 21.2. The summed E-state index contributed by atoms with van der Waals surface area (Å²) in [6, 6.07) is 0. The van der Waals surface area contributed by atoms with Crippen LogP contribution in [0.1, 0.15) is 118 Å². The lowest BCUT2D eigenvalue weighted by molar-refractivity contribution is -0.133. The predicted octanol–water partition coefficient (Wildman–Crippen LogP) is 8.37. The van der Waals surface area contributed by atoms with Crippen LogP contribution in [0.2, 0.25) is 0 Å². The molecule has 0 aromatic heterocycles. The Kier molecular flexibility index (Phi) is 12.0. The van der Waals surface area contributed by atoms with E-state index in [1.807, 2.05) is 11.8 Å². The highest BCUT2D eigenvalue weighted by atomic mass is 32.2. The maximum Gasteiger partial charge on any atom is 0.140 e. The standard InChI is InChI=1S/C25H46OS/c1-6-7-8-9-10-11-12-13-14-17-20-27-22(2)21-23(26)25(5)19-16-15-18-24(25,3)4/h15,18,22H,6-14,16-17,19-21H2,1-5H3. The lowest BCUT2D eigenvalue weighted by Gasteiger charge is -2.44. The molecule has 2 atom stereocenters. The Bertz CT molecular complexity index is 440. The molecular formula is C25H46OS. The highest BCUT2D eigenvalue weighted by Crippen LogP contribution is 2.48. The monoisotopic (exact) mass is 394 g/mol. The van der Waals surface area contributed by atoms with Crippen LogP contribution in [0.4, 0.5) is 0 Å². The molecular weight excluding hydrogens is 348 g/mol. The zero-order chi connectivity index (χ0) is 20.2. The lowest BCUT2D eigenvalue weighted by Crippen LogP contribution is -2.43. The molecule has 2 heteroatoms. The molecule has 0 aliphatic heterocycles. The van der Waals surface area contributed by atoms with E-state index in [9.17, 15) is 4.79 Å². The molecule has 0 saturated carbocycles. The van der Waals surface area contributed by atoms with Crippen LogP contribution in [0, 0.1) is 10.8 Å². The SMILES string of the molecule is CCCCCCCCCCCCSC(C)CC(=O)C1(C)CCC=CC1(C)C. The summed E-state index contributed by atoms with van der Waals surface area (Å²) in [5, 5.41) is 0.453. The minimum atomic E-state index is -0.187. The number of unbranched alkanes of at least 4 members (excludes halogenated alkanes) is 9. The van der Waals surface area contributed by atoms with Gasteiger partial charge in [0.2, 0.25) is 0 Å². The first-order valence-electron chi connectivity index (χ1n) is 11.7. The van der Waals surface area contributed by atoms with Gasteiger partial charge in [-0.2, -0.15) is 11.8 Å². The number of thioether (sulfide) groups is 1. The molecule has 0 N–H and O–H groups in total. The molecule has 0 saturated heterocycles. The second-order valence-electron chi connectivity index (χ2n) is 9.49. The highest BCUT2D eigenvalue weighted by Gasteiger charge is 2.45. The predicted molar refractivity (Wildman–Crippen MR) is 124 cm³/mol. The largest absolute Gasteiger partial charge is 0.299 e. The van der Waals surface area contributed by atoms with Crippen molar-refractivity contribution in [3.8, 4) is 0 Å². The fourth-order valence-corrected chi connectivity index (χ4v) is 5.22. The Morgan fingerprint density at radius 3 is 2.07 bits per heavy atom. The fourth-order valence-electron chi connectivity index (χ4n) is 4.17. The van der Waals surface area contributed by atoms with Crippen molar-refractivity contribution >= 4 is 17.5 Å². The zero-order valence-corrected chi connectivity index (χ0v) is 19.8. The first kappa shape index (κ1) is 24.8. The van der Waals surface area contributed by atoms with Crippen molar-refractivity contribution < 1.29 is 4.79 Å². The van der Waals surface area contributed by atoms with Gasteiger partial charge in [0.25, 0.3) is 0 Å². The quantitative estimate of drug-likeness (QED) is 0.205. The Balaban J connectivity index is 2.10. The molecule has 158 valence electrons. The van der Waals surface area contributed by atoms with Crippen molar-refractivity contribution in [2.24, 2.45) is 10.8 Å². The van der Waals surface area contributed by atoms with E-state index < -0.39 is 0 Å². The van der Waals surface area contributed by atoms with Crippen LogP contribution in [-0.2, 0) is 4.79 Å². The van der Waals surface area contributed by atoms with Crippen molar-refractivity contribution in [3.63, 3.8) is 0 Å². The van der Waals surface area contributed by atoms with Gasteiger partial charge in [-0.15, -0.1) is 0 Å². The summed E-state index contributed by atoms with van der Waals surface area (Å²) < 4.78 is 0. The average molecular weight is 395 g/mol. The zero-order valence-electron chi connectivity index (χ0n) is 18.9. The summed E-state index contributed by atoms with van der Waals surface area (Å²) in [7, 11) is 0. The van der Waals surface area contributed by atoms with Crippen LogP contribution < -0.4 is 0 Å². The molecule has 0 aromatic carbocycles. The summed E-state index contributed by atoms with van der Waals surface area (Å²) in [4.78, 5) is 13.0. The summed E-state index contributed by atoms with van der Waals surface area (Å²) in [6.45, 7) is 11.2. The van der Waals surface area contributed by atoms with Gasteiger partial charge in [-0.1, -0.05) is 105 Å². The van der Waals surface area contributed by atoms with Crippen molar-refractivity contribution in [1.82, 2.24) is 0 Å². The Morgan fingerprint density at radius 2 is 1.52 bits per heavy atom. The van der Waals surface area contributed by atoms with E-state index in [0.717, 1.165) is 19.3 Å². The van der Waals surface area contributed by atoms with E-state index in [1.165, 1.54) is 70.0 Å². The smallest absolute Gasteiger partial charge is 0.140 e. The van der Waals surface area contributed by atoms with Gasteiger partial charge in [0.1, 0.15) is 5.78 Å². The van der Waals surface area contributed by atoms with E-state index in [4.69, 9.17) is 0 Å². The fraction of sp³-hybridized carbons (Fsp3) is 0.880. The van der Waals surface area contributed by atoms with Gasteiger partial charge in [0, 0.05) is 17.1 Å². The first-order chi connectivity index (χ1) is 12.8. The minimum Gasteiger partial charge on any atom is -0.299 e. The van der Waals surface area contributed by atoms with Crippen molar-refractivity contribution in [1.29, 1.82) is 0 Å². The highest BCUT2D eigenvalue weighted by molar-refractivity contribution is 7.99. The molecule has 1 aliphatic carbocycles. The van der Waals surface area contributed by atoms with Crippen LogP contribution in [0.25, 0.3) is 0 Å². The number of Topliss-reactive ketones (excluding diaryl/α,β-unsaturated/α-hetero) is 1. The maximum atomic E-state index is 13.0. The minimum absolute atomic E-state index is 0.0107. The Labute approximate surface area is 174 Å². The topological polar surface area (TPSA) is 17.1 Å². The van der Waals surface area contributed by atoms with Crippen LogP contribution in [0.5, 0.6) is 0 Å². The van der Waals surface area contributed by atoms with E-state index >= 15 is 0 Å². The van der Waals surface area contributed by atoms with Crippen LogP contribution >= 0.6 is 11.8 Å². The van der Waals surface area contributed by atoms with Gasteiger partial charge in [-0.25, -0.2) is 0 Å². The summed E-state index contributed by atoms with van der Waals surface area (Å²) in [5.41, 5.74) is -0.197. The van der Waals surface area contributed by atoms with Crippen LogP contribution in [-0.4, -0.2) is 16.8 Å². The number of hydrogen-bond acceptors (Lipinski definition) is 2. The molecule has 0 fully saturated rings. The molecule has 0 aromatic rings. The van der Waals surface area contributed by atoms with Crippen molar-refractivity contribution in [3.05, 3.63) is 12.2 Å². The van der Waals surface area contributed by atoms with E-state index in [1.54, 1.807) is 0 Å². The number of allylic oxidation sites excluding steroid dienone is 2. The molecule has 1 aliphatic rings. The second kappa shape index (κ2) is 13.1. The Morgan fingerprint density at radius 1 is 0.963 bits per heavy atom. The number of carbonyl (C=O) groups excluding carboxylic acids is 1. The molecule has 0 heterocycles. The average Bonchev–Trinajstić information content (AvgIpc) is 2.62. The third-order valence-electron chi connectivity index (χ3n) is 6.76. The van der Waals surface area contributed by atoms with Crippen molar-refractivity contribution in [2.75, 3.05) is 5.75 Å². The molecule has 27 heavy (non-hydrogen) atoms. The van der Waals surface area contributed by atoms with Gasteiger partial charge >= 0.3 is 0 Å². The molecule has 0 radical (unpaired) electrons. The lowest BCUT2D eigenvalue weighted by atomic mass is 9.59. The second-order valence-corrected chi connectivity index (χ2v) is 11.0. The van der Waals surface area contributed by atoms with Crippen LogP contribution in [0.3, 0.4) is 0 Å². The van der Waals surface area contributed by atoms with E-state index in [2.05, 4.69) is 46.8 Å². The Hall–Kier alpha value is -0.240. The van der Waals surface area contributed by atoms with Crippen molar-refractivity contribution in [2.45, 2.75) is 123 Å². The summed E-state index contributed by atoms with van der Waals surface area (Å²) >= 11 is 2.01. The number of ketones is 1. The molecule has 1 nitrogen and oxygen atoms in total. The molecule has 2 unspecified atom stereocenters. The molecule has 1 rings (SSSR count). The van der Waals surface area contributed by atoms with Crippen LogP contribution in [0.15, 0.2) is 12.2 Å². The van der Waals surface area contributed by atoms with Gasteiger partial charge in [0.05, 0.1) is 0 Å². The van der Waals surface area contributed by atoms with Gasteiger partial charge in [-0.3, -0.25) is 4.79 Å². The maximum absolute atomic E-state index is 13.0.